The Labute approximate surface area is 321 Å². The van der Waals surface area contributed by atoms with Crippen LogP contribution in [0.3, 0.4) is 0 Å². The van der Waals surface area contributed by atoms with Crippen LogP contribution in [-0.4, -0.2) is 46.1 Å². The first-order chi connectivity index (χ1) is 27.5. The molecule has 0 spiro atoms. The summed E-state index contributed by atoms with van der Waals surface area (Å²) in [5.41, 5.74) is 11.1. The molecule has 4 aromatic carbocycles. The maximum Gasteiger partial charge on any atom is 0.330 e. The maximum atomic E-state index is 12.5. The van der Waals surface area contributed by atoms with Gasteiger partial charge in [0.25, 0.3) is 0 Å². The minimum atomic E-state index is -0.477. The Morgan fingerprint density at radius 3 is 1.32 bits per heavy atom. The third kappa shape index (κ3) is 6.19. The smallest absolute Gasteiger partial charge is 0.330 e. The van der Waals surface area contributed by atoms with E-state index in [1.54, 1.807) is 12.2 Å². The van der Waals surface area contributed by atoms with Crippen molar-refractivity contribution in [2.75, 3.05) is 14.2 Å². The van der Waals surface area contributed by atoms with E-state index < -0.39 is 11.9 Å². The lowest BCUT2D eigenvalue weighted by Gasteiger charge is -2.09. The fourth-order valence-corrected chi connectivity index (χ4v) is 7.49. The van der Waals surface area contributed by atoms with Gasteiger partial charge in [-0.2, -0.15) is 0 Å². The van der Waals surface area contributed by atoms with Gasteiger partial charge in [-0.05, 0) is 93.4 Å². The molecule has 0 radical (unpaired) electrons. The largest absolute Gasteiger partial charge is 0.466 e. The number of methoxy groups -OCH3 is 2. The number of aromatic amines is 2. The third-order valence-electron chi connectivity index (χ3n) is 10.1. The van der Waals surface area contributed by atoms with Crippen LogP contribution in [0.2, 0.25) is 0 Å². The number of hydrogen-bond donors (Lipinski definition) is 2. The summed E-state index contributed by atoms with van der Waals surface area (Å²) in [7, 11) is 2.72. The minimum absolute atomic E-state index is 0.477. The van der Waals surface area contributed by atoms with Crippen LogP contribution < -0.4 is 0 Å². The number of rotatable bonds is 6. The molecule has 7 aromatic rings. The molecule has 5 heterocycles. The average Bonchev–Trinajstić information content (AvgIpc) is 4.08. The number of fused-ring (bicyclic) bond motifs is 10. The molecule has 0 saturated heterocycles. The average molecular weight is 731 g/mol. The van der Waals surface area contributed by atoms with Crippen LogP contribution in [-0.2, 0) is 19.1 Å². The molecule has 0 unspecified atom stereocenters. The number of esters is 2. The first-order valence-electron chi connectivity index (χ1n) is 18.1. The van der Waals surface area contributed by atoms with Gasteiger partial charge in [-0.3, -0.25) is 0 Å². The fourth-order valence-electron chi connectivity index (χ4n) is 7.49. The second-order valence-electron chi connectivity index (χ2n) is 13.3. The summed E-state index contributed by atoms with van der Waals surface area (Å²) in [5, 5.41) is 4.32. The van der Waals surface area contributed by atoms with Gasteiger partial charge in [0.2, 0.25) is 0 Å². The Kier molecular flexibility index (Phi) is 8.76. The number of hydrogen-bond acceptors (Lipinski definition) is 6. The standard InChI is InChI=1S/C48H34N4O4/c1-55-45(53)27-17-35-37-19-23-41(49-37)47(33-15-7-11-29-9-3-5-13-31(29)33)43-25-21-39(51-43)36(18-28-46(54)56-2)40-22-26-44(52-40)48(42-24-20-38(35)50-42)34-16-8-12-30-10-4-6-14-32(30)34/h3-28,49,52H,1-2H3/b27-17+,28-18+,37-35?,38-35?,39-36?,40-36?,47-41?,47-43?,48-42?,48-44?. The molecule has 3 aromatic heterocycles. The summed E-state index contributed by atoms with van der Waals surface area (Å²) in [4.78, 5) is 42.8. The molecule has 0 aliphatic carbocycles. The molecule has 0 amide bonds. The van der Waals surface area contributed by atoms with E-state index in [0.29, 0.717) is 22.5 Å². The van der Waals surface area contributed by atoms with Gasteiger partial charge in [-0.25, -0.2) is 19.6 Å². The SMILES string of the molecule is COC(=O)/C=C/c1c2nc(c(-c3cccc4ccccc34)c3ccc([nH]3)c(/C=C/C(=O)OC)c3nc(c(-c4cccc5ccccc45)c4ccc1[nH]4)C=C3)C=C2. The molecular formula is C48H34N4O4. The van der Waals surface area contributed by atoms with E-state index in [0.717, 1.165) is 77.3 Å². The molecule has 2 aliphatic rings. The van der Waals surface area contributed by atoms with E-state index in [2.05, 4.69) is 58.5 Å². The van der Waals surface area contributed by atoms with Crippen LogP contribution in [0.4, 0.5) is 0 Å². The second kappa shape index (κ2) is 14.3. The van der Waals surface area contributed by atoms with Crippen molar-refractivity contribution in [3.63, 3.8) is 0 Å². The molecule has 2 aliphatic heterocycles. The Bertz CT molecular complexity index is 2830. The minimum Gasteiger partial charge on any atom is -0.466 e. The zero-order valence-electron chi connectivity index (χ0n) is 30.5. The van der Waals surface area contributed by atoms with Crippen molar-refractivity contribution in [3.8, 4) is 22.3 Å². The van der Waals surface area contributed by atoms with E-state index in [-0.39, 0.29) is 0 Å². The number of nitrogens with one attached hydrogen (secondary N) is 2. The van der Waals surface area contributed by atoms with Gasteiger partial charge in [-0.1, -0.05) is 84.9 Å². The summed E-state index contributed by atoms with van der Waals surface area (Å²) < 4.78 is 9.99. The molecule has 9 rings (SSSR count). The summed E-state index contributed by atoms with van der Waals surface area (Å²) in [6.07, 6.45) is 14.2. The van der Waals surface area contributed by atoms with Gasteiger partial charge in [0.05, 0.1) is 37.0 Å². The molecule has 270 valence electrons. The molecular weight excluding hydrogens is 697 g/mol. The van der Waals surface area contributed by atoms with Crippen LogP contribution in [0, 0.1) is 0 Å². The van der Waals surface area contributed by atoms with Crippen molar-refractivity contribution in [1.82, 2.24) is 19.9 Å². The molecule has 8 nitrogen and oxygen atoms in total. The number of carbonyl (C=O) groups is 2. The normalized spacial score (nSPS) is 12.3. The Morgan fingerprint density at radius 1 is 0.482 bits per heavy atom. The second-order valence-corrected chi connectivity index (χ2v) is 13.3. The highest BCUT2D eigenvalue weighted by Gasteiger charge is 2.19. The van der Waals surface area contributed by atoms with E-state index in [4.69, 9.17) is 19.4 Å². The zero-order valence-corrected chi connectivity index (χ0v) is 30.5. The van der Waals surface area contributed by atoms with Crippen molar-refractivity contribution >= 4 is 92.0 Å². The van der Waals surface area contributed by atoms with Crippen molar-refractivity contribution in [3.05, 3.63) is 155 Å². The monoisotopic (exact) mass is 730 g/mol. The number of aromatic nitrogens is 4. The highest BCUT2D eigenvalue weighted by atomic mass is 16.5. The fraction of sp³-hybridized carbons (Fsp3) is 0.0417. The highest BCUT2D eigenvalue weighted by molar-refractivity contribution is 6.06. The first-order valence-corrected chi connectivity index (χ1v) is 18.1. The van der Waals surface area contributed by atoms with Gasteiger partial charge in [0.1, 0.15) is 0 Å². The van der Waals surface area contributed by atoms with Crippen LogP contribution in [0.5, 0.6) is 0 Å². The van der Waals surface area contributed by atoms with Gasteiger partial charge in [0.15, 0.2) is 0 Å². The van der Waals surface area contributed by atoms with Crippen LogP contribution in [0.1, 0.15) is 33.9 Å². The Balaban J connectivity index is 1.46. The van der Waals surface area contributed by atoms with Crippen LogP contribution in [0.15, 0.2) is 121 Å². The van der Waals surface area contributed by atoms with Crippen LogP contribution in [0.25, 0.3) is 102 Å². The first kappa shape index (κ1) is 34.2. The van der Waals surface area contributed by atoms with Gasteiger partial charge in [-0.15, -0.1) is 0 Å². The lowest BCUT2D eigenvalue weighted by Crippen LogP contribution is -1.94. The molecule has 8 bridgehead atoms. The third-order valence-corrected chi connectivity index (χ3v) is 10.1. The molecule has 2 N–H and O–H groups in total. The summed E-state index contributed by atoms with van der Waals surface area (Å²) >= 11 is 0. The molecule has 0 atom stereocenters. The predicted molar refractivity (Wildman–Crippen MR) is 227 cm³/mol. The number of ether oxygens (including phenoxy) is 2. The van der Waals surface area contributed by atoms with Crippen LogP contribution >= 0.6 is 0 Å². The van der Waals surface area contributed by atoms with Gasteiger partial charge in [0, 0.05) is 56.5 Å². The number of H-pyrrole nitrogens is 2. The van der Waals surface area contributed by atoms with E-state index >= 15 is 0 Å². The predicted octanol–water partition coefficient (Wildman–Crippen LogP) is 10.7. The summed E-state index contributed by atoms with van der Waals surface area (Å²) in [5.74, 6) is -0.954. The van der Waals surface area contributed by atoms with Crippen molar-refractivity contribution in [2.45, 2.75) is 0 Å². The molecule has 8 heteroatoms. The van der Waals surface area contributed by atoms with Crippen molar-refractivity contribution in [1.29, 1.82) is 0 Å². The Morgan fingerprint density at radius 2 is 0.875 bits per heavy atom. The van der Waals surface area contributed by atoms with Crippen molar-refractivity contribution in [2.24, 2.45) is 0 Å². The molecule has 56 heavy (non-hydrogen) atoms. The lowest BCUT2D eigenvalue weighted by molar-refractivity contribution is -0.135. The van der Waals surface area contributed by atoms with Gasteiger partial charge < -0.3 is 19.4 Å². The molecule has 0 fully saturated rings. The number of benzene rings is 4. The summed E-state index contributed by atoms with van der Waals surface area (Å²) in [6, 6.07) is 37.1. The lowest BCUT2D eigenvalue weighted by atomic mass is 9.97. The quantitative estimate of drug-likeness (QED) is 0.130. The molecule has 0 saturated carbocycles. The van der Waals surface area contributed by atoms with Gasteiger partial charge >= 0.3 is 11.9 Å². The highest BCUT2D eigenvalue weighted by Crippen LogP contribution is 2.38. The van der Waals surface area contributed by atoms with E-state index in [1.165, 1.54) is 26.4 Å². The zero-order chi connectivity index (χ0) is 38.2. The number of carbonyl (C=O) groups excluding carboxylic acids is 2. The Hall–Kier alpha value is -7.58. The van der Waals surface area contributed by atoms with E-state index in [1.807, 2.05) is 85.0 Å². The summed E-state index contributed by atoms with van der Waals surface area (Å²) in [6.45, 7) is 0. The van der Waals surface area contributed by atoms with E-state index in [9.17, 15) is 9.59 Å². The number of nitrogens with zero attached hydrogens (tertiary/aromatic N) is 2. The topological polar surface area (TPSA) is 110 Å². The van der Waals surface area contributed by atoms with Crippen molar-refractivity contribution < 1.29 is 19.1 Å². The maximum absolute atomic E-state index is 12.5.